The maximum Gasteiger partial charge on any atom is 0.261 e. The lowest BCUT2D eigenvalue weighted by atomic mass is 9.83. The summed E-state index contributed by atoms with van der Waals surface area (Å²) in [6.07, 6.45) is 1.64. The van der Waals surface area contributed by atoms with Crippen molar-refractivity contribution in [2.45, 2.75) is 20.3 Å². The Balaban J connectivity index is 1.56. The standard InChI is InChI=1S/C34H33N3O5/c1-4-36(5-2)16-6-15-35(3)32(40)25-12-9-22-24-11-14-27-31-26(33(41)37(17-18-38)34(27)42)13-10-23(30(24)31)21-8-7-20(19-39)28(25)29(21)22/h7-14,19,38H,4-6,15-18H2,1-3H3. The fraction of sp³-hybridized carbons (Fsp3) is 0.294. The molecule has 0 atom stereocenters. The Labute approximate surface area is 243 Å². The molecule has 1 aliphatic rings. The molecule has 6 rings (SSSR count). The highest BCUT2D eigenvalue weighted by atomic mass is 16.3. The van der Waals surface area contributed by atoms with Crippen LogP contribution in [-0.2, 0) is 0 Å². The molecule has 0 fully saturated rings. The van der Waals surface area contributed by atoms with Gasteiger partial charge < -0.3 is 14.9 Å². The topological polar surface area (TPSA) is 98.2 Å². The summed E-state index contributed by atoms with van der Waals surface area (Å²) in [6, 6.07) is 14.5. The van der Waals surface area contributed by atoms with Gasteiger partial charge in [-0.05, 0) is 76.6 Å². The molecule has 0 saturated heterocycles. The summed E-state index contributed by atoms with van der Waals surface area (Å²) < 4.78 is 0. The zero-order valence-corrected chi connectivity index (χ0v) is 24.1. The maximum atomic E-state index is 13.8. The maximum absolute atomic E-state index is 13.8. The van der Waals surface area contributed by atoms with Crippen LogP contribution in [0.15, 0.2) is 48.5 Å². The number of hydrogen-bond donors (Lipinski definition) is 1. The van der Waals surface area contributed by atoms with E-state index in [1.54, 1.807) is 36.2 Å². The molecule has 3 amide bonds. The van der Waals surface area contributed by atoms with Crippen LogP contribution in [0.25, 0.3) is 43.1 Å². The smallest absolute Gasteiger partial charge is 0.261 e. The van der Waals surface area contributed by atoms with Gasteiger partial charge in [0.1, 0.15) is 0 Å². The lowest BCUT2D eigenvalue weighted by molar-refractivity contribution is 0.0579. The Hall–Kier alpha value is -4.40. The molecule has 0 aliphatic carbocycles. The molecule has 8 heteroatoms. The molecule has 0 spiro atoms. The highest BCUT2D eigenvalue weighted by Gasteiger charge is 2.34. The van der Waals surface area contributed by atoms with Gasteiger partial charge in [0, 0.05) is 46.6 Å². The number of aliphatic hydroxyl groups excluding tert-OH is 1. The minimum absolute atomic E-state index is 0.0700. The van der Waals surface area contributed by atoms with Crippen LogP contribution in [0, 0.1) is 0 Å². The van der Waals surface area contributed by atoms with E-state index in [2.05, 4.69) is 18.7 Å². The minimum atomic E-state index is -0.428. The number of nitrogens with zero attached hydrogens (tertiary/aromatic N) is 3. The Morgan fingerprint density at radius 1 is 0.786 bits per heavy atom. The molecule has 0 aromatic heterocycles. The van der Waals surface area contributed by atoms with Crippen molar-refractivity contribution in [3.8, 4) is 0 Å². The molecule has 1 heterocycles. The van der Waals surface area contributed by atoms with Crippen molar-refractivity contribution in [3.05, 3.63) is 70.8 Å². The van der Waals surface area contributed by atoms with Crippen molar-refractivity contribution in [2.75, 3.05) is 46.4 Å². The SMILES string of the molecule is CCN(CC)CCCN(C)C(=O)c1ccc2c3ccc4c5c(ccc(c6ccc(C=O)c1c62)c53)C(=O)N(CCO)C4=O. The predicted octanol–water partition coefficient (Wildman–Crippen LogP) is 4.94. The van der Waals surface area contributed by atoms with E-state index in [0.717, 1.165) is 69.6 Å². The van der Waals surface area contributed by atoms with Gasteiger partial charge in [-0.25, -0.2) is 0 Å². The molecule has 0 saturated carbocycles. The van der Waals surface area contributed by atoms with E-state index < -0.39 is 11.8 Å². The van der Waals surface area contributed by atoms with E-state index in [1.807, 2.05) is 24.3 Å². The van der Waals surface area contributed by atoms with E-state index in [-0.39, 0.29) is 19.1 Å². The Morgan fingerprint density at radius 2 is 1.33 bits per heavy atom. The highest BCUT2D eigenvalue weighted by molar-refractivity contribution is 6.39. The Kier molecular flexibility index (Phi) is 7.12. The summed E-state index contributed by atoms with van der Waals surface area (Å²) in [5.74, 6) is -0.998. The third-order valence-electron chi connectivity index (χ3n) is 8.78. The lowest BCUT2D eigenvalue weighted by Crippen LogP contribution is -2.41. The van der Waals surface area contributed by atoms with Crippen LogP contribution in [0.5, 0.6) is 0 Å². The molecule has 0 bridgehead atoms. The quantitative estimate of drug-likeness (QED) is 0.112. The van der Waals surface area contributed by atoms with Crippen LogP contribution < -0.4 is 0 Å². The number of fused-ring (bicyclic) bond motifs is 2. The van der Waals surface area contributed by atoms with E-state index in [4.69, 9.17) is 0 Å². The van der Waals surface area contributed by atoms with Crippen molar-refractivity contribution in [3.63, 3.8) is 0 Å². The number of aliphatic hydroxyl groups is 1. The molecule has 42 heavy (non-hydrogen) atoms. The minimum Gasteiger partial charge on any atom is -0.395 e. The van der Waals surface area contributed by atoms with Crippen molar-refractivity contribution in [2.24, 2.45) is 0 Å². The second-order valence-electron chi connectivity index (χ2n) is 10.9. The van der Waals surface area contributed by atoms with E-state index in [9.17, 15) is 24.3 Å². The van der Waals surface area contributed by atoms with Gasteiger partial charge in [-0.3, -0.25) is 24.1 Å². The second kappa shape index (κ2) is 10.8. The van der Waals surface area contributed by atoms with Crippen LogP contribution in [0.2, 0.25) is 0 Å². The molecule has 0 radical (unpaired) electrons. The van der Waals surface area contributed by atoms with E-state index in [0.29, 0.717) is 39.6 Å². The molecule has 1 N–H and O–H groups in total. The third-order valence-corrected chi connectivity index (χ3v) is 8.78. The number of amides is 3. The summed E-state index contributed by atoms with van der Waals surface area (Å²) in [6.45, 7) is 7.30. The number of imide groups is 1. The number of benzene rings is 5. The molecule has 0 unspecified atom stereocenters. The zero-order chi connectivity index (χ0) is 29.7. The average molecular weight is 564 g/mol. The number of carbonyl (C=O) groups excluding carboxylic acids is 4. The van der Waals surface area contributed by atoms with Crippen LogP contribution in [-0.4, -0.2) is 90.2 Å². The molecule has 5 aromatic rings. The van der Waals surface area contributed by atoms with Crippen LogP contribution in [0.1, 0.15) is 61.7 Å². The van der Waals surface area contributed by atoms with Crippen molar-refractivity contribution < 1.29 is 24.3 Å². The first-order chi connectivity index (χ1) is 20.4. The first-order valence-electron chi connectivity index (χ1n) is 14.5. The van der Waals surface area contributed by atoms with Gasteiger partial charge in [0.05, 0.1) is 13.2 Å². The normalized spacial score (nSPS) is 13.4. The fourth-order valence-corrected chi connectivity index (χ4v) is 6.61. The Bertz CT molecular complexity index is 1840. The lowest BCUT2D eigenvalue weighted by Gasteiger charge is -2.28. The molecule has 1 aliphatic heterocycles. The predicted molar refractivity (Wildman–Crippen MR) is 165 cm³/mol. The second-order valence-corrected chi connectivity index (χ2v) is 10.9. The monoisotopic (exact) mass is 563 g/mol. The van der Waals surface area contributed by atoms with Crippen LogP contribution >= 0.6 is 0 Å². The van der Waals surface area contributed by atoms with Crippen molar-refractivity contribution in [1.29, 1.82) is 0 Å². The Morgan fingerprint density at radius 3 is 1.88 bits per heavy atom. The molecule has 8 nitrogen and oxygen atoms in total. The van der Waals surface area contributed by atoms with Gasteiger partial charge in [0.15, 0.2) is 6.29 Å². The highest BCUT2D eigenvalue weighted by Crippen LogP contribution is 2.45. The van der Waals surface area contributed by atoms with Gasteiger partial charge in [0.2, 0.25) is 0 Å². The number of hydrogen-bond acceptors (Lipinski definition) is 6. The van der Waals surface area contributed by atoms with E-state index >= 15 is 0 Å². The molecule has 214 valence electrons. The van der Waals surface area contributed by atoms with Gasteiger partial charge in [-0.1, -0.05) is 44.2 Å². The van der Waals surface area contributed by atoms with Gasteiger partial charge in [0.25, 0.3) is 17.7 Å². The fourth-order valence-electron chi connectivity index (χ4n) is 6.61. The van der Waals surface area contributed by atoms with Gasteiger partial charge in [-0.15, -0.1) is 0 Å². The number of carbonyl (C=O) groups is 4. The third kappa shape index (κ3) is 4.05. The van der Waals surface area contributed by atoms with E-state index in [1.165, 1.54) is 0 Å². The number of β-amino-alcohol motifs (C(OH)–C–C–N with tert-alkyl or cyclic N) is 1. The summed E-state index contributed by atoms with van der Waals surface area (Å²) >= 11 is 0. The molecule has 5 aromatic carbocycles. The largest absolute Gasteiger partial charge is 0.395 e. The zero-order valence-electron chi connectivity index (χ0n) is 24.1. The summed E-state index contributed by atoms with van der Waals surface area (Å²) in [5, 5.41) is 15.6. The summed E-state index contributed by atoms with van der Waals surface area (Å²) in [7, 11) is 1.80. The van der Waals surface area contributed by atoms with Crippen molar-refractivity contribution in [1.82, 2.24) is 14.7 Å². The van der Waals surface area contributed by atoms with Gasteiger partial charge in [-0.2, -0.15) is 0 Å². The summed E-state index contributed by atoms with van der Waals surface area (Å²) in [5.41, 5.74) is 1.75. The average Bonchev–Trinajstić information content (AvgIpc) is 3.02. The van der Waals surface area contributed by atoms with Crippen molar-refractivity contribution >= 4 is 67.1 Å². The molecular weight excluding hydrogens is 530 g/mol. The first-order valence-corrected chi connectivity index (χ1v) is 14.5. The van der Waals surface area contributed by atoms with Crippen LogP contribution in [0.4, 0.5) is 0 Å². The van der Waals surface area contributed by atoms with Crippen LogP contribution in [0.3, 0.4) is 0 Å². The van der Waals surface area contributed by atoms with Gasteiger partial charge >= 0.3 is 0 Å². The number of rotatable bonds is 10. The summed E-state index contributed by atoms with van der Waals surface area (Å²) in [4.78, 5) is 57.8. The molecular formula is C34H33N3O5. The first kappa shape index (κ1) is 27.8. The number of aldehydes is 1.